The van der Waals surface area contributed by atoms with Gasteiger partial charge in [-0.2, -0.15) is 26.3 Å². The Hall–Kier alpha value is -2.51. The Morgan fingerprint density at radius 1 is 1.08 bits per heavy atom. The van der Waals surface area contributed by atoms with E-state index >= 15 is 0 Å². The van der Waals surface area contributed by atoms with Crippen molar-refractivity contribution in [3.63, 3.8) is 0 Å². The third kappa shape index (κ3) is 6.43. The molecule has 0 radical (unpaired) electrons. The van der Waals surface area contributed by atoms with E-state index < -0.39 is 61.6 Å². The van der Waals surface area contributed by atoms with E-state index in [1.165, 1.54) is 17.0 Å². The highest BCUT2D eigenvalue weighted by Gasteiger charge is 2.54. The molecule has 2 fully saturated rings. The second-order valence-corrected chi connectivity index (χ2v) is 9.31. The number of hydrogen-bond acceptors (Lipinski definition) is 5. The molecule has 5 N–H and O–H groups in total. The van der Waals surface area contributed by atoms with Crippen LogP contribution in [0.4, 0.5) is 52.2 Å². The van der Waals surface area contributed by atoms with Gasteiger partial charge < -0.3 is 26.4 Å². The Morgan fingerprint density at radius 3 is 2.17 bits per heavy atom. The van der Waals surface area contributed by atoms with Gasteiger partial charge in [0.25, 0.3) is 12.3 Å². The molecule has 0 bridgehead atoms. The smallest absolute Gasteiger partial charge is 0.397 e. The molecule has 3 rings (SSSR count). The average molecular weight is 532 g/mol. The third-order valence-corrected chi connectivity index (χ3v) is 6.84. The Bertz CT molecular complexity index is 922. The molecule has 1 aliphatic heterocycles. The van der Waals surface area contributed by atoms with Crippen molar-refractivity contribution in [3.8, 4) is 0 Å². The van der Waals surface area contributed by atoms with Crippen molar-refractivity contribution in [2.45, 2.75) is 68.9 Å². The summed E-state index contributed by atoms with van der Waals surface area (Å²) in [7, 11) is 0. The Balaban J connectivity index is 1.82. The number of piperidine rings is 1. The van der Waals surface area contributed by atoms with Gasteiger partial charge in [0.05, 0.1) is 35.1 Å². The van der Waals surface area contributed by atoms with Crippen LogP contribution in [0.2, 0.25) is 0 Å². The van der Waals surface area contributed by atoms with Gasteiger partial charge in [0.1, 0.15) is 0 Å². The summed E-state index contributed by atoms with van der Waals surface area (Å²) in [6.45, 7) is -1.33. The van der Waals surface area contributed by atoms with Gasteiger partial charge in [0.2, 0.25) is 0 Å². The maximum atomic E-state index is 13.2. The number of nitrogens with two attached hydrogens (primary N) is 1. The summed E-state index contributed by atoms with van der Waals surface area (Å²) in [6.07, 6.45) is -13.4. The second-order valence-electron chi connectivity index (χ2n) is 9.31. The molecular weight excluding hydrogens is 504 g/mol. The van der Waals surface area contributed by atoms with Gasteiger partial charge in [0, 0.05) is 32.0 Å². The van der Waals surface area contributed by atoms with Gasteiger partial charge in [-0.05, 0) is 37.8 Å². The summed E-state index contributed by atoms with van der Waals surface area (Å²) in [4.78, 5) is 14.5. The zero-order chi connectivity index (χ0) is 26.9. The number of nitrogens with zero attached hydrogens (tertiary/aromatic N) is 1. The predicted octanol–water partition coefficient (Wildman–Crippen LogP) is 4.69. The number of carbonyl (C=O) groups is 1. The fraction of sp³-hybridized carbons (Fsp3) is 0.682. The maximum Gasteiger partial charge on any atom is 0.417 e. The van der Waals surface area contributed by atoms with Crippen molar-refractivity contribution in [2.24, 2.45) is 5.92 Å². The minimum atomic E-state index is -4.85. The van der Waals surface area contributed by atoms with Crippen LogP contribution in [0.5, 0.6) is 0 Å². The van der Waals surface area contributed by atoms with Crippen molar-refractivity contribution in [1.82, 2.24) is 5.32 Å². The minimum Gasteiger partial charge on any atom is -0.397 e. The molecular formula is C22H28F8N4O2. The van der Waals surface area contributed by atoms with Crippen molar-refractivity contribution >= 4 is 23.0 Å². The van der Waals surface area contributed by atoms with Crippen LogP contribution in [0.3, 0.4) is 0 Å². The van der Waals surface area contributed by atoms with Gasteiger partial charge in [-0.25, -0.2) is 8.78 Å². The molecule has 0 aromatic heterocycles. The number of nitrogens with one attached hydrogen (secondary N) is 2. The fourth-order valence-electron chi connectivity index (χ4n) is 4.62. The standard InChI is InChI=1S/C22H28F8N4O2/c23-18(24)11-32-16-10-17(34-7-5-20(36,6-8-34)22(28,29)30)14(9-15(16)31)19(35)33-13-3-1-12(2-4-13)21(25,26)27/h9-10,12-13,18,32,36H,1-8,11,31H2,(H,33,35). The van der Waals surface area contributed by atoms with Crippen LogP contribution in [0.1, 0.15) is 48.9 Å². The number of benzene rings is 1. The number of aliphatic hydroxyl groups is 1. The number of hydrogen-bond donors (Lipinski definition) is 4. The molecule has 0 unspecified atom stereocenters. The molecule has 0 spiro atoms. The number of amides is 1. The lowest BCUT2D eigenvalue weighted by molar-refractivity contribution is -0.266. The first kappa shape index (κ1) is 28.1. The molecule has 1 saturated carbocycles. The third-order valence-electron chi connectivity index (χ3n) is 6.84. The Kier molecular flexibility index (Phi) is 8.16. The topological polar surface area (TPSA) is 90.6 Å². The van der Waals surface area contributed by atoms with E-state index in [4.69, 9.17) is 5.73 Å². The number of alkyl halides is 8. The first-order valence-electron chi connectivity index (χ1n) is 11.5. The summed E-state index contributed by atoms with van der Waals surface area (Å²) in [5, 5.41) is 15.1. The van der Waals surface area contributed by atoms with E-state index in [1.54, 1.807) is 0 Å². The summed E-state index contributed by atoms with van der Waals surface area (Å²) in [6, 6.07) is 1.94. The number of anilines is 3. The lowest BCUT2D eigenvalue weighted by Gasteiger charge is -2.40. The van der Waals surface area contributed by atoms with Crippen LogP contribution in [0, 0.1) is 5.92 Å². The van der Waals surface area contributed by atoms with Crippen molar-refractivity contribution in [2.75, 3.05) is 35.6 Å². The summed E-state index contributed by atoms with van der Waals surface area (Å²) >= 11 is 0. The number of nitrogen functional groups attached to an aromatic ring is 1. The summed E-state index contributed by atoms with van der Waals surface area (Å²) in [5.74, 6) is -2.14. The lowest BCUT2D eigenvalue weighted by atomic mass is 9.85. The molecule has 1 saturated heterocycles. The van der Waals surface area contributed by atoms with Crippen LogP contribution < -0.4 is 21.3 Å². The highest BCUT2D eigenvalue weighted by molar-refractivity contribution is 6.02. The van der Waals surface area contributed by atoms with Gasteiger partial charge in [0.15, 0.2) is 5.60 Å². The molecule has 1 heterocycles. The van der Waals surface area contributed by atoms with Crippen LogP contribution in [0.25, 0.3) is 0 Å². The quantitative estimate of drug-likeness (QED) is 0.315. The molecule has 14 heteroatoms. The highest BCUT2D eigenvalue weighted by atomic mass is 19.4. The zero-order valence-electron chi connectivity index (χ0n) is 19.2. The molecule has 1 aromatic carbocycles. The van der Waals surface area contributed by atoms with Crippen LogP contribution in [-0.4, -0.2) is 61.1 Å². The van der Waals surface area contributed by atoms with Gasteiger partial charge in [-0.3, -0.25) is 4.79 Å². The van der Waals surface area contributed by atoms with E-state index in [-0.39, 0.29) is 61.4 Å². The Morgan fingerprint density at radius 2 is 1.67 bits per heavy atom. The SMILES string of the molecule is Nc1cc(C(=O)NC2CCC(C(F)(F)F)CC2)c(N2CCC(O)(C(F)(F)F)CC2)cc1NCC(F)F. The van der Waals surface area contributed by atoms with E-state index in [2.05, 4.69) is 10.6 Å². The molecule has 1 aromatic rings. The fourth-order valence-corrected chi connectivity index (χ4v) is 4.62. The molecule has 6 nitrogen and oxygen atoms in total. The zero-order valence-corrected chi connectivity index (χ0v) is 19.2. The lowest BCUT2D eigenvalue weighted by Crippen LogP contribution is -2.53. The first-order valence-corrected chi connectivity index (χ1v) is 11.5. The first-order chi connectivity index (χ1) is 16.6. The highest BCUT2D eigenvalue weighted by Crippen LogP contribution is 2.41. The molecule has 204 valence electrons. The summed E-state index contributed by atoms with van der Waals surface area (Å²) in [5.41, 5.74) is 3.08. The van der Waals surface area contributed by atoms with Crippen LogP contribution in [-0.2, 0) is 0 Å². The number of halogens is 8. The second kappa shape index (κ2) is 10.5. The van der Waals surface area contributed by atoms with Crippen LogP contribution in [0.15, 0.2) is 12.1 Å². The summed E-state index contributed by atoms with van der Waals surface area (Å²) < 4.78 is 104. The maximum absolute atomic E-state index is 13.2. The van der Waals surface area contributed by atoms with E-state index in [0.717, 1.165) is 0 Å². The van der Waals surface area contributed by atoms with E-state index in [1.807, 2.05) is 0 Å². The normalized spacial score (nSPS) is 23.0. The van der Waals surface area contributed by atoms with Crippen molar-refractivity contribution in [1.29, 1.82) is 0 Å². The molecule has 1 aliphatic carbocycles. The number of rotatable bonds is 6. The Labute approximate surface area is 202 Å². The van der Waals surface area contributed by atoms with Gasteiger partial charge in [-0.15, -0.1) is 0 Å². The number of carbonyl (C=O) groups excluding carboxylic acids is 1. The van der Waals surface area contributed by atoms with Gasteiger partial charge >= 0.3 is 12.4 Å². The minimum absolute atomic E-state index is 0.0455. The van der Waals surface area contributed by atoms with Crippen molar-refractivity contribution in [3.05, 3.63) is 17.7 Å². The molecule has 36 heavy (non-hydrogen) atoms. The predicted molar refractivity (Wildman–Crippen MR) is 117 cm³/mol. The largest absolute Gasteiger partial charge is 0.417 e. The molecule has 1 amide bonds. The van der Waals surface area contributed by atoms with E-state index in [0.29, 0.717) is 0 Å². The van der Waals surface area contributed by atoms with E-state index in [9.17, 15) is 45.0 Å². The van der Waals surface area contributed by atoms with Gasteiger partial charge in [-0.1, -0.05) is 0 Å². The average Bonchev–Trinajstić information content (AvgIpc) is 2.77. The molecule has 2 aliphatic rings. The van der Waals surface area contributed by atoms with Crippen molar-refractivity contribution < 1.29 is 45.0 Å². The molecule has 0 atom stereocenters. The van der Waals surface area contributed by atoms with Crippen LogP contribution >= 0.6 is 0 Å². The monoisotopic (exact) mass is 532 g/mol.